The first kappa shape index (κ1) is 19.1. The molecule has 1 aliphatic rings. The van der Waals surface area contributed by atoms with Crippen LogP contribution in [-0.4, -0.2) is 21.7 Å². The van der Waals surface area contributed by atoms with E-state index in [1.165, 1.54) is 28.4 Å². The predicted octanol–water partition coefficient (Wildman–Crippen LogP) is 4.82. The molecule has 1 N–H and O–H groups in total. The van der Waals surface area contributed by atoms with Crippen molar-refractivity contribution >= 4 is 28.8 Å². The first-order chi connectivity index (χ1) is 14.0. The maximum Gasteiger partial charge on any atom is 0.295 e. The molecule has 1 aliphatic heterocycles. The van der Waals surface area contributed by atoms with E-state index in [-0.39, 0.29) is 23.4 Å². The van der Waals surface area contributed by atoms with Crippen molar-refractivity contribution in [1.29, 1.82) is 0 Å². The van der Waals surface area contributed by atoms with Crippen LogP contribution in [0, 0.1) is 12.7 Å². The molecule has 0 radical (unpaired) electrons. The highest BCUT2D eigenvalue weighted by atomic mass is 32.1. The molecular formula is C23H18FNO3S. The number of aliphatic hydroxyl groups excluding tert-OH is 1. The molecular weight excluding hydrogens is 389 g/mol. The summed E-state index contributed by atoms with van der Waals surface area (Å²) in [5.41, 5.74) is 1.48. The lowest BCUT2D eigenvalue weighted by atomic mass is 9.94. The Morgan fingerprint density at radius 1 is 1.07 bits per heavy atom. The van der Waals surface area contributed by atoms with Gasteiger partial charge >= 0.3 is 0 Å². The van der Waals surface area contributed by atoms with E-state index in [9.17, 15) is 19.1 Å². The second-order valence-corrected chi connectivity index (χ2v) is 7.93. The Morgan fingerprint density at radius 3 is 2.45 bits per heavy atom. The second kappa shape index (κ2) is 7.64. The summed E-state index contributed by atoms with van der Waals surface area (Å²) in [6, 6.07) is 15.7. The lowest BCUT2D eigenvalue weighted by Gasteiger charge is -2.25. The summed E-state index contributed by atoms with van der Waals surface area (Å²) in [4.78, 5) is 27.9. The van der Waals surface area contributed by atoms with Gasteiger partial charge in [0.05, 0.1) is 18.2 Å². The molecule has 3 aromatic rings. The summed E-state index contributed by atoms with van der Waals surface area (Å²) in [6.07, 6.45) is 0. The Hall–Kier alpha value is -3.25. The van der Waals surface area contributed by atoms with Gasteiger partial charge in [0, 0.05) is 16.0 Å². The molecule has 4 nitrogen and oxygen atoms in total. The van der Waals surface area contributed by atoms with E-state index in [1.807, 2.05) is 24.4 Å². The Morgan fingerprint density at radius 2 is 1.79 bits per heavy atom. The van der Waals surface area contributed by atoms with Crippen LogP contribution in [-0.2, 0) is 16.1 Å². The van der Waals surface area contributed by atoms with Crippen molar-refractivity contribution in [1.82, 2.24) is 4.90 Å². The Balaban J connectivity index is 1.89. The van der Waals surface area contributed by atoms with Crippen molar-refractivity contribution < 1.29 is 19.1 Å². The van der Waals surface area contributed by atoms with Crippen molar-refractivity contribution in [3.8, 4) is 0 Å². The fourth-order valence-electron chi connectivity index (χ4n) is 3.50. The summed E-state index contributed by atoms with van der Waals surface area (Å²) in [5, 5.41) is 12.8. The molecule has 1 fully saturated rings. The highest BCUT2D eigenvalue weighted by molar-refractivity contribution is 7.09. The molecule has 0 saturated carbocycles. The molecule has 1 atom stereocenters. The fraction of sp³-hybridized carbons (Fsp3) is 0.130. The first-order valence-electron chi connectivity index (χ1n) is 9.09. The topological polar surface area (TPSA) is 57.6 Å². The van der Waals surface area contributed by atoms with Crippen LogP contribution in [0.5, 0.6) is 0 Å². The number of ketones is 1. The van der Waals surface area contributed by atoms with Gasteiger partial charge in [-0.15, -0.1) is 11.3 Å². The fourth-order valence-corrected chi connectivity index (χ4v) is 4.20. The average molecular weight is 407 g/mol. The summed E-state index contributed by atoms with van der Waals surface area (Å²) >= 11 is 1.44. The molecule has 4 rings (SSSR count). The van der Waals surface area contributed by atoms with Crippen LogP contribution in [0.25, 0.3) is 5.76 Å². The van der Waals surface area contributed by atoms with Gasteiger partial charge < -0.3 is 10.0 Å². The minimum atomic E-state index is -1.00. The number of aliphatic hydroxyl groups is 1. The zero-order valence-corrected chi connectivity index (χ0v) is 16.4. The third kappa shape index (κ3) is 3.47. The summed E-state index contributed by atoms with van der Waals surface area (Å²) in [7, 11) is 0. The molecule has 1 saturated heterocycles. The van der Waals surface area contributed by atoms with Crippen molar-refractivity contribution in [3.63, 3.8) is 0 Å². The van der Waals surface area contributed by atoms with Crippen LogP contribution < -0.4 is 0 Å². The zero-order chi connectivity index (χ0) is 20.5. The Kier molecular flexibility index (Phi) is 5.03. The van der Waals surface area contributed by atoms with Crippen molar-refractivity contribution in [3.05, 3.63) is 99.0 Å². The van der Waals surface area contributed by atoms with Gasteiger partial charge in [0.1, 0.15) is 11.6 Å². The van der Waals surface area contributed by atoms with Gasteiger partial charge in [0.15, 0.2) is 0 Å². The molecule has 2 heterocycles. The number of Topliss-reactive ketones (excluding diaryl/α,β-unsaturated/α-hetero) is 1. The molecule has 1 aromatic heterocycles. The minimum Gasteiger partial charge on any atom is -0.507 e. The lowest BCUT2D eigenvalue weighted by molar-refractivity contribution is -0.140. The SMILES string of the molecule is Cc1ccc(/C(O)=C2\C(=O)C(=O)N(Cc3cccs3)C2c2ccccc2F)cc1. The molecule has 0 bridgehead atoms. The number of thiophene rings is 1. The molecule has 0 aliphatic carbocycles. The largest absolute Gasteiger partial charge is 0.507 e. The van der Waals surface area contributed by atoms with Crippen LogP contribution in [0.3, 0.4) is 0 Å². The van der Waals surface area contributed by atoms with Gasteiger partial charge in [-0.3, -0.25) is 9.59 Å². The third-order valence-corrected chi connectivity index (χ3v) is 5.83. The standard InChI is InChI=1S/C23H18FNO3S/c1-14-8-10-15(11-9-14)21(26)19-20(17-6-2-3-7-18(17)24)25(23(28)22(19)27)13-16-5-4-12-29-16/h2-12,20,26H,13H2,1H3/b21-19+. The smallest absolute Gasteiger partial charge is 0.295 e. The zero-order valence-electron chi connectivity index (χ0n) is 15.6. The summed E-state index contributed by atoms with van der Waals surface area (Å²) in [6.45, 7) is 2.06. The Bertz CT molecular complexity index is 1100. The number of aryl methyl sites for hydroxylation is 1. The monoisotopic (exact) mass is 407 g/mol. The van der Waals surface area contributed by atoms with Crippen LogP contribution in [0.2, 0.25) is 0 Å². The number of hydrogen-bond donors (Lipinski definition) is 1. The highest BCUT2D eigenvalue weighted by Crippen LogP contribution is 2.41. The van der Waals surface area contributed by atoms with E-state index in [1.54, 1.807) is 36.4 Å². The summed E-state index contributed by atoms with van der Waals surface area (Å²) in [5.74, 6) is -2.40. The Labute approximate surface area is 171 Å². The number of carbonyl (C=O) groups is 2. The molecule has 1 amide bonds. The molecule has 2 aromatic carbocycles. The number of halogens is 1. The van der Waals surface area contributed by atoms with Crippen molar-refractivity contribution in [2.75, 3.05) is 0 Å². The van der Waals surface area contributed by atoms with E-state index in [0.717, 1.165) is 10.4 Å². The first-order valence-corrected chi connectivity index (χ1v) is 9.97. The summed E-state index contributed by atoms with van der Waals surface area (Å²) < 4.78 is 14.7. The number of amides is 1. The second-order valence-electron chi connectivity index (χ2n) is 6.89. The van der Waals surface area contributed by atoms with Gasteiger partial charge in [0.25, 0.3) is 11.7 Å². The van der Waals surface area contributed by atoms with Crippen LogP contribution in [0.4, 0.5) is 4.39 Å². The quantitative estimate of drug-likeness (QED) is 0.383. The molecule has 6 heteroatoms. The van der Waals surface area contributed by atoms with Crippen LogP contribution in [0.15, 0.2) is 71.6 Å². The predicted molar refractivity (Wildman–Crippen MR) is 110 cm³/mol. The molecule has 0 spiro atoms. The number of carbonyl (C=O) groups excluding carboxylic acids is 2. The number of likely N-dealkylation sites (tertiary alicyclic amines) is 1. The number of hydrogen-bond acceptors (Lipinski definition) is 4. The lowest BCUT2D eigenvalue weighted by Crippen LogP contribution is -2.29. The highest BCUT2D eigenvalue weighted by Gasteiger charge is 2.47. The van der Waals surface area contributed by atoms with Crippen molar-refractivity contribution in [2.24, 2.45) is 0 Å². The van der Waals surface area contributed by atoms with E-state index in [2.05, 4.69) is 0 Å². The van der Waals surface area contributed by atoms with Gasteiger partial charge in [-0.25, -0.2) is 4.39 Å². The maximum absolute atomic E-state index is 14.7. The number of rotatable bonds is 4. The molecule has 146 valence electrons. The van der Waals surface area contributed by atoms with Gasteiger partial charge in [-0.1, -0.05) is 54.1 Å². The molecule has 1 unspecified atom stereocenters. The van der Waals surface area contributed by atoms with E-state index in [0.29, 0.717) is 5.56 Å². The van der Waals surface area contributed by atoms with Crippen LogP contribution >= 0.6 is 11.3 Å². The average Bonchev–Trinajstić information content (AvgIpc) is 3.31. The number of benzene rings is 2. The van der Waals surface area contributed by atoms with E-state index in [4.69, 9.17) is 0 Å². The van der Waals surface area contributed by atoms with Gasteiger partial charge in [0.2, 0.25) is 0 Å². The van der Waals surface area contributed by atoms with Crippen molar-refractivity contribution in [2.45, 2.75) is 19.5 Å². The maximum atomic E-state index is 14.7. The van der Waals surface area contributed by atoms with Gasteiger partial charge in [-0.2, -0.15) is 0 Å². The minimum absolute atomic E-state index is 0.0968. The van der Waals surface area contributed by atoms with Gasteiger partial charge in [-0.05, 0) is 24.4 Å². The number of nitrogens with zero attached hydrogens (tertiary/aromatic N) is 1. The van der Waals surface area contributed by atoms with Crippen LogP contribution in [0.1, 0.15) is 27.6 Å². The normalized spacial score (nSPS) is 18.4. The molecule has 29 heavy (non-hydrogen) atoms. The van der Waals surface area contributed by atoms with E-state index < -0.39 is 23.5 Å². The van der Waals surface area contributed by atoms with E-state index >= 15 is 0 Å². The third-order valence-electron chi connectivity index (χ3n) is 4.97.